The van der Waals surface area contributed by atoms with Crippen LogP contribution in [0.4, 0.5) is 5.82 Å². The van der Waals surface area contributed by atoms with Crippen molar-refractivity contribution in [3.05, 3.63) is 22.7 Å². The smallest absolute Gasteiger partial charge is 0.293 e. The van der Waals surface area contributed by atoms with E-state index in [1.165, 1.54) is 0 Å². The van der Waals surface area contributed by atoms with Gasteiger partial charge in [-0.15, -0.1) is 11.6 Å². The molecule has 1 aromatic rings. The Morgan fingerprint density at radius 1 is 1.56 bits per heavy atom. The van der Waals surface area contributed by atoms with Crippen LogP contribution in [0.5, 0.6) is 0 Å². The first-order valence-corrected chi connectivity index (χ1v) is 6.04. The number of nitrogens with one attached hydrogen (secondary N) is 1. The zero-order valence-corrected chi connectivity index (χ0v) is 10.5. The average molecular weight is 244 g/mol. The highest BCUT2D eigenvalue weighted by molar-refractivity contribution is 6.17. The van der Waals surface area contributed by atoms with Crippen molar-refractivity contribution in [2.45, 2.75) is 26.8 Å². The molecule has 0 spiro atoms. The molecule has 0 unspecified atom stereocenters. The third-order valence-electron chi connectivity index (χ3n) is 2.08. The Morgan fingerprint density at radius 3 is 2.94 bits per heavy atom. The Balaban J connectivity index is 2.74. The Bertz CT molecular complexity index is 376. The SMILES string of the molecule is CC(C)Cn1ccnc(NCCCCl)c1=O. The molecule has 4 nitrogen and oxygen atoms in total. The number of alkyl halides is 1. The lowest BCUT2D eigenvalue weighted by Crippen LogP contribution is -2.26. The van der Waals surface area contributed by atoms with Gasteiger partial charge in [0, 0.05) is 31.4 Å². The molecule has 1 N–H and O–H groups in total. The zero-order chi connectivity index (χ0) is 12.0. The normalized spacial score (nSPS) is 10.8. The van der Waals surface area contributed by atoms with Crippen LogP contribution in [0.15, 0.2) is 17.2 Å². The lowest BCUT2D eigenvalue weighted by atomic mass is 10.2. The quantitative estimate of drug-likeness (QED) is 0.614. The van der Waals surface area contributed by atoms with Crippen molar-refractivity contribution in [3.8, 4) is 0 Å². The fraction of sp³-hybridized carbons (Fsp3) is 0.636. The third-order valence-corrected chi connectivity index (χ3v) is 2.35. The maximum atomic E-state index is 11.9. The Labute approximate surface area is 101 Å². The van der Waals surface area contributed by atoms with E-state index in [9.17, 15) is 4.79 Å². The molecule has 0 amide bonds. The minimum Gasteiger partial charge on any atom is -0.365 e. The molecule has 16 heavy (non-hydrogen) atoms. The van der Waals surface area contributed by atoms with E-state index >= 15 is 0 Å². The number of halogens is 1. The second-order valence-corrected chi connectivity index (χ2v) is 4.47. The molecule has 1 aromatic heterocycles. The van der Waals surface area contributed by atoms with Gasteiger partial charge in [-0.2, -0.15) is 0 Å². The van der Waals surface area contributed by atoms with Gasteiger partial charge in [-0.05, 0) is 12.3 Å². The summed E-state index contributed by atoms with van der Waals surface area (Å²) in [6.45, 7) is 5.55. The molecule has 0 aliphatic heterocycles. The first kappa shape index (κ1) is 13.0. The van der Waals surface area contributed by atoms with Gasteiger partial charge in [-0.3, -0.25) is 4.79 Å². The Morgan fingerprint density at radius 2 is 2.31 bits per heavy atom. The van der Waals surface area contributed by atoms with Gasteiger partial charge in [0.2, 0.25) is 0 Å². The Hall–Kier alpha value is -1.03. The minimum atomic E-state index is -0.0641. The van der Waals surface area contributed by atoms with E-state index < -0.39 is 0 Å². The number of anilines is 1. The molecule has 0 saturated carbocycles. The van der Waals surface area contributed by atoms with Crippen LogP contribution in [0.2, 0.25) is 0 Å². The number of aromatic nitrogens is 2. The van der Waals surface area contributed by atoms with Crippen LogP contribution in [0.25, 0.3) is 0 Å². The second-order valence-electron chi connectivity index (χ2n) is 4.10. The van der Waals surface area contributed by atoms with Crippen LogP contribution < -0.4 is 10.9 Å². The number of nitrogens with zero attached hydrogens (tertiary/aromatic N) is 2. The average Bonchev–Trinajstić information content (AvgIpc) is 2.23. The van der Waals surface area contributed by atoms with Gasteiger partial charge >= 0.3 is 0 Å². The lowest BCUT2D eigenvalue weighted by molar-refractivity contribution is 0.509. The van der Waals surface area contributed by atoms with Crippen molar-refractivity contribution < 1.29 is 0 Å². The van der Waals surface area contributed by atoms with Gasteiger partial charge in [-0.25, -0.2) is 4.98 Å². The van der Waals surface area contributed by atoms with Crippen LogP contribution >= 0.6 is 11.6 Å². The lowest BCUT2D eigenvalue weighted by Gasteiger charge is -2.10. The fourth-order valence-electron chi connectivity index (χ4n) is 1.38. The first-order chi connectivity index (χ1) is 7.65. The van der Waals surface area contributed by atoms with E-state index in [2.05, 4.69) is 24.1 Å². The highest BCUT2D eigenvalue weighted by atomic mass is 35.5. The maximum absolute atomic E-state index is 11.9. The van der Waals surface area contributed by atoms with Crippen molar-refractivity contribution in [1.29, 1.82) is 0 Å². The van der Waals surface area contributed by atoms with Gasteiger partial charge in [0.1, 0.15) is 0 Å². The largest absolute Gasteiger partial charge is 0.365 e. The monoisotopic (exact) mass is 243 g/mol. The van der Waals surface area contributed by atoms with Crippen molar-refractivity contribution in [1.82, 2.24) is 9.55 Å². The van der Waals surface area contributed by atoms with E-state index in [4.69, 9.17) is 11.6 Å². The summed E-state index contributed by atoms with van der Waals surface area (Å²) in [6.07, 6.45) is 4.18. The van der Waals surface area contributed by atoms with Crippen LogP contribution in [-0.4, -0.2) is 22.0 Å². The standard InChI is InChI=1S/C11H18ClN3O/c1-9(2)8-15-7-6-14-10(11(15)16)13-5-3-4-12/h6-7,9H,3-5,8H2,1-2H3,(H,13,14). The molecule has 1 rings (SSSR count). The van der Waals surface area contributed by atoms with Gasteiger partial charge in [-0.1, -0.05) is 13.8 Å². The summed E-state index contributed by atoms with van der Waals surface area (Å²) in [4.78, 5) is 15.9. The van der Waals surface area contributed by atoms with E-state index in [1.54, 1.807) is 17.0 Å². The summed E-state index contributed by atoms with van der Waals surface area (Å²) in [5.41, 5.74) is -0.0641. The molecule has 1 heterocycles. The molecule has 5 heteroatoms. The van der Waals surface area contributed by atoms with Gasteiger partial charge in [0.15, 0.2) is 5.82 Å². The maximum Gasteiger partial charge on any atom is 0.293 e. The van der Waals surface area contributed by atoms with Gasteiger partial charge in [0.25, 0.3) is 5.56 Å². The number of hydrogen-bond acceptors (Lipinski definition) is 3. The molecule has 0 aliphatic rings. The highest BCUT2D eigenvalue weighted by Crippen LogP contribution is 1.98. The van der Waals surface area contributed by atoms with Crippen molar-refractivity contribution in [2.24, 2.45) is 5.92 Å². The van der Waals surface area contributed by atoms with Crippen LogP contribution in [0.3, 0.4) is 0 Å². The second kappa shape index (κ2) is 6.53. The molecule has 0 radical (unpaired) electrons. The summed E-state index contributed by atoms with van der Waals surface area (Å²) in [7, 11) is 0. The molecule has 0 atom stereocenters. The summed E-state index contributed by atoms with van der Waals surface area (Å²) in [5.74, 6) is 1.43. The van der Waals surface area contributed by atoms with Crippen LogP contribution in [0.1, 0.15) is 20.3 Å². The van der Waals surface area contributed by atoms with E-state index in [0.29, 0.717) is 30.7 Å². The summed E-state index contributed by atoms with van der Waals surface area (Å²) >= 11 is 5.56. The molecule has 0 saturated heterocycles. The van der Waals surface area contributed by atoms with Crippen molar-refractivity contribution in [2.75, 3.05) is 17.7 Å². The highest BCUT2D eigenvalue weighted by Gasteiger charge is 2.04. The van der Waals surface area contributed by atoms with Gasteiger partial charge in [0.05, 0.1) is 0 Å². The van der Waals surface area contributed by atoms with E-state index in [0.717, 1.165) is 6.42 Å². The van der Waals surface area contributed by atoms with Gasteiger partial charge < -0.3 is 9.88 Å². The Kier molecular flexibility index (Phi) is 5.32. The summed E-state index contributed by atoms with van der Waals surface area (Å²) < 4.78 is 1.68. The third kappa shape index (κ3) is 3.85. The number of rotatable bonds is 6. The number of hydrogen-bond donors (Lipinski definition) is 1. The van der Waals surface area contributed by atoms with E-state index in [1.807, 2.05) is 0 Å². The van der Waals surface area contributed by atoms with Crippen molar-refractivity contribution >= 4 is 17.4 Å². The van der Waals surface area contributed by atoms with Crippen molar-refractivity contribution in [3.63, 3.8) is 0 Å². The molecule has 0 aliphatic carbocycles. The predicted octanol–water partition coefficient (Wildman–Crippen LogP) is 1.94. The molecule has 90 valence electrons. The topological polar surface area (TPSA) is 46.9 Å². The first-order valence-electron chi connectivity index (χ1n) is 5.50. The summed E-state index contributed by atoms with van der Waals surface area (Å²) in [6, 6.07) is 0. The molecular formula is C11H18ClN3O. The van der Waals surface area contributed by atoms with E-state index in [-0.39, 0.29) is 5.56 Å². The fourth-order valence-corrected chi connectivity index (χ4v) is 1.51. The minimum absolute atomic E-state index is 0.0641. The molecule has 0 fully saturated rings. The van der Waals surface area contributed by atoms with Crippen LogP contribution in [-0.2, 0) is 6.54 Å². The molecule has 0 bridgehead atoms. The molecular weight excluding hydrogens is 226 g/mol. The molecule has 0 aromatic carbocycles. The summed E-state index contributed by atoms with van der Waals surface area (Å²) in [5, 5.41) is 3.00. The zero-order valence-electron chi connectivity index (χ0n) is 9.74. The van der Waals surface area contributed by atoms with Crippen LogP contribution in [0, 0.1) is 5.92 Å². The predicted molar refractivity (Wildman–Crippen MR) is 67.2 cm³/mol.